The van der Waals surface area contributed by atoms with Crippen molar-refractivity contribution in [3.8, 4) is 11.1 Å². The summed E-state index contributed by atoms with van der Waals surface area (Å²) in [6.45, 7) is 0.404. The molecule has 4 aromatic rings. The van der Waals surface area contributed by atoms with Gasteiger partial charge in [-0.1, -0.05) is 72.8 Å². The van der Waals surface area contributed by atoms with Gasteiger partial charge in [0, 0.05) is 46.9 Å². The summed E-state index contributed by atoms with van der Waals surface area (Å²) in [7, 11) is -1.05. The Kier molecular flexibility index (Phi) is 9.08. The van der Waals surface area contributed by atoms with Gasteiger partial charge in [-0.15, -0.1) is 0 Å². The lowest BCUT2D eigenvalue weighted by molar-refractivity contribution is 0.251. The van der Waals surface area contributed by atoms with Gasteiger partial charge in [0.15, 0.2) is 0 Å². The minimum absolute atomic E-state index is 0. The highest BCUT2D eigenvalue weighted by atomic mass is 32.2. The Labute approximate surface area is 201 Å². The maximum atomic E-state index is 12.9. The number of nitrogens with one attached hydrogen (secondary N) is 2. The summed E-state index contributed by atoms with van der Waals surface area (Å²) in [6, 6.07) is 29.2. The summed E-state index contributed by atoms with van der Waals surface area (Å²) in [4.78, 5) is 16.1. The minimum Gasteiger partial charge on any atom is -0.412 e. The summed E-state index contributed by atoms with van der Waals surface area (Å²) in [5, 5.41) is 5.61. The summed E-state index contributed by atoms with van der Waals surface area (Å²) < 4.78 is 12.9. The van der Waals surface area contributed by atoms with Gasteiger partial charge in [-0.3, -0.25) is 9.19 Å². The Morgan fingerprint density at radius 1 is 0.794 bits per heavy atom. The Balaban J connectivity index is 0.00000324. The van der Waals surface area contributed by atoms with Gasteiger partial charge in [0.2, 0.25) is 0 Å². The van der Waals surface area contributed by atoms with Crippen LogP contribution in [0.15, 0.2) is 103 Å². The summed E-state index contributed by atoms with van der Waals surface area (Å²) in [5.41, 5.74) is 5.89. The molecule has 174 valence electrons. The van der Waals surface area contributed by atoms with Crippen LogP contribution in [-0.4, -0.2) is 20.7 Å². The second-order valence-electron chi connectivity index (χ2n) is 7.62. The molecule has 3 aromatic carbocycles. The molecular weight excluding hydrogens is 446 g/mol. The van der Waals surface area contributed by atoms with Gasteiger partial charge >= 0.3 is 6.03 Å². The van der Waals surface area contributed by atoms with E-state index < -0.39 is 10.8 Å². The molecule has 1 atom stereocenters. The van der Waals surface area contributed by atoms with Crippen molar-refractivity contribution >= 4 is 22.5 Å². The van der Waals surface area contributed by atoms with E-state index >= 15 is 0 Å². The van der Waals surface area contributed by atoms with Gasteiger partial charge in [-0.05, 0) is 46.0 Å². The molecule has 1 aromatic heterocycles. The first-order valence-electron chi connectivity index (χ1n) is 10.7. The number of anilines is 1. The average molecular weight is 474 g/mol. The molecule has 6 nitrogen and oxygen atoms in total. The third-order valence-electron chi connectivity index (χ3n) is 5.13. The minimum atomic E-state index is -1.05. The maximum Gasteiger partial charge on any atom is 0.319 e. The maximum absolute atomic E-state index is 12.9. The van der Waals surface area contributed by atoms with Gasteiger partial charge in [-0.25, -0.2) is 4.79 Å². The quantitative estimate of drug-likeness (QED) is 0.388. The molecule has 0 aliphatic carbocycles. The number of nitrogens with zero attached hydrogens (tertiary/aromatic N) is 1. The smallest absolute Gasteiger partial charge is 0.319 e. The highest BCUT2D eigenvalue weighted by molar-refractivity contribution is 7.83. The van der Waals surface area contributed by atoms with Crippen LogP contribution in [0.1, 0.15) is 16.7 Å². The lowest BCUT2D eigenvalue weighted by Crippen LogP contribution is -2.28. The van der Waals surface area contributed by atoms with Gasteiger partial charge in [-0.2, -0.15) is 0 Å². The second kappa shape index (κ2) is 12.4. The predicted molar refractivity (Wildman–Crippen MR) is 138 cm³/mol. The fourth-order valence-corrected chi connectivity index (χ4v) is 4.77. The number of hydrogen-bond donors (Lipinski definition) is 2. The number of carbonyl (C=O) groups excluding carboxylic acids is 1. The number of amides is 2. The third kappa shape index (κ3) is 7.10. The van der Waals surface area contributed by atoms with Crippen LogP contribution in [0.4, 0.5) is 10.5 Å². The van der Waals surface area contributed by atoms with E-state index in [-0.39, 0.29) is 11.5 Å². The van der Waals surface area contributed by atoms with Crippen molar-refractivity contribution in [3.05, 3.63) is 120 Å². The van der Waals surface area contributed by atoms with Crippen molar-refractivity contribution in [1.29, 1.82) is 0 Å². The van der Waals surface area contributed by atoms with Crippen molar-refractivity contribution in [2.24, 2.45) is 0 Å². The zero-order valence-electron chi connectivity index (χ0n) is 18.6. The largest absolute Gasteiger partial charge is 0.412 e. The first kappa shape index (κ1) is 24.8. The molecule has 34 heavy (non-hydrogen) atoms. The van der Waals surface area contributed by atoms with Crippen LogP contribution in [0.3, 0.4) is 0 Å². The van der Waals surface area contributed by atoms with E-state index in [1.54, 1.807) is 12.4 Å². The van der Waals surface area contributed by atoms with E-state index in [0.29, 0.717) is 23.7 Å². The average Bonchev–Trinajstić information content (AvgIpc) is 2.85. The SMILES string of the molecule is O.O=C(NCc1cccnc1)Nc1ccc(CS(=O)Cc2ccccc2-c2ccccc2)cc1. The van der Waals surface area contributed by atoms with E-state index in [2.05, 4.69) is 33.8 Å². The number of rotatable bonds is 8. The molecule has 0 aliphatic rings. The van der Waals surface area contributed by atoms with E-state index in [9.17, 15) is 9.00 Å². The van der Waals surface area contributed by atoms with Crippen LogP contribution in [0.2, 0.25) is 0 Å². The molecular formula is C27H27N3O3S. The number of aromatic nitrogens is 1. The van der Waals surface area contributed by atoms with E-state index in [0.717, 1.165) is 27.8 Å². The van der Waals surface area contributed by atoms with Crippen LogP contribution in [0.25, 0.3) is 11.1 Å². The monoisotopic (exact) mass is 473 g/mol. The predicted octanol–water partition coefficient (Wildman–Crippen LogP) is 4.69. The topological polar surface area (TPSA) is 103 Å². The zero-order chi connectivity index (χ0) is 22.9. The molecule has 1 heterocycles. The Morgan fingerprint density at radius 2 is 1.53 bits per heavy atom. The Bertz CT molecular complexity index is 1220. The summed E-state index contributed by atoms with van der Waals surface area (Å²) in [5.74, 6) is 0.943. The van der Waals surface area contributed by atoms with Gasteiger partial charge in [0.1, 0.15) is 0 Å². The van der Waals surface area contributed by atoms with E-state index in [4.69, 9.17) is 0 Å². The fraction of sp³-hybridized carbons (Fsp3) is 0.111. The Morgan fingerprint density at radius 3 is 2.26 bits per heavy atom. The summed E-state index contributed by atoms with van der Waals surface area (Å²) in [6.07, 6.45) is 3.41. The third-order valence-corrected chi connectivity index (χ3v) is 6.42. The van der Waals surface area contributed by atoms with Crippen LogP contribution in [0.5, 0.6) is 0 Å². The molecule has 1 unspecified atom stereocenters. The molecule has 0 fully saturated rings. The molecule has 4 N–H and O–H groups in total. The fourth-order valence-electron chi connectivity index (χ4n) is 3.50. The number of hydrogen-bond acceptors (Lipinski definition) is 3. The van der Waals surface area contributed by atoms with Gasteiger partial charge < -0.3 is 16.1 Å². The first-order valence-corrected chi connectivity index (χ1v) is 12.2. The van der Waals surface area contributed by atoms with Crippen molar-refractivity contribution in [3.63, 3.8) is 0 Å². The number of urea groups is 1. The lowest BCUT2D eigenvalue weighted by Gasteiger charge is -2.11. The number of pyridine rings is 1. The molecule has 4 rings (SSSR count). The molecule has 7 heteroatoms. The molecule has 0 saturated carbocycles. The molecule has 0 aliphatic heterocycles. The molecule has 0 saturated heterocycles. The number of carbonyl (C=O) groups is 1. The second-order valence-corrected chi connectivity index (χ2v) is 9.07. The van der Waals surface area contributed by atoms with E-state index in [1.165, 1.54) is 0 Å². The number of benzene rings is 3. The van der Waals surface area contributed by atoms with Gasteiger partial charge in [0.05, 0.1) is 0 Å². The highest BCUT2D eigenvalue weighted by Gasteiger charge is 2.09. The van der Waals surface area contributed by atoms with Crippen LogP contribution >= 0.6 is 0 Å². The van der Waals surface area contributed by atoms with E-state index in [1.807, 2.05) is 72.8 Å². The molecule has 0 bridgehead atoms. The molecule has 2 amide bonds. The zero-order valence-corrected chi connectivity index (χ0v) is 19.4. The van der Waals surface area contributed by atoms with Crippen LogP contribution in [-0.2, 0) is 28.9 Å². The van der Waals surface area contributed by atoms with Crippen LogP contribution < -0.4 is 10.6 Å². The van der Waals surface area contributed by atoms with Crippen molar-refractivity contribution in [2.45, 2.75) is 18.1 Å². The highest BCUT2D eigenvalue weighted by Crippen LogP contribution is 2.25. The molecule has 0 radical (unpaired) electrons. The standard InChI is InChI=1S/C27H25N3O2S.H2O/c31-27(29-18-22-7-6-16-28-17-22)30-25-14-12-21(13-15-25)19-33(32)20-24-10-4-5-11-26(24)23-8-2-1-3-9-23;/h1-17H,18-20H2,(H2,29,30,31);1H2. The normalized spacial score (nSPS) is 11.2. The first-order chi connectivity index (χ1) is 16.2. The Hall–Kier alpha value is -3.81. The lowest BCUT2D eigenvalue weighted by atomic mass is 10.0. The van der Waals surface area contributed by atoms with Crippen LogP contribution in [0, 0.1) is 0 Å². The molecule has 0 spiro atoms. The van der Waals surface area contributed by atoms with Crippen molar-refractivity contribution in [1.82, 2.24) is 10.3 Å². The van der Waals surface area contributed by atoms with Crippen molar-refractivity contribution < 1.29 is 14.5 Å². The summed E-state index contributed by atoms with van der Waals surface area (Å²) >= 11 is 0. The van der Waals surface area contributed by atoms with Gasteiger partial charge in [0.25, 0.3) is 0 Å². The van der Waals surface area contributed by atoms with Crippen molar-refractivity contribution in [2.75, 3.05) is 5.32 Å².